The van der Waals surface area contributed by atoms with Gasteiger partial charge in [0.2, 0.25) is 0 Å². The van der Waals surface area contributed by atoms with Gasteiger partial charge in [-0.3, -0.25) is 4.79 Å². The monoisotopic (exact) mass is 357 g/mol. The number of phenols is 1. The number of aromatic hydroxyl groups is 1. The number of aryl methyl sites for hydroxylation is 1. The second-order valence-corrected chi connectivity index (χ2v) is 5.41. The van der Waals surface area contributed by atoms with Gasteiger partial charge in [-0.1, -0.05) is 23.8 Å². The zero-order chi connectivity index (χ0) is 19.1. The van der Waals surface area contributed by atoms with Gasteiger partial charge in [-0.25, -0.2) is 9.59 Å². The third kappa shape index (κ3) is 4.83. The molecule has 0 fully saturated rings. The van der Waals surface area contributed by atoms with E-state index in [9.17, 15) is 19.5 Å². The Balaban J connectivity index is 2.00. The molecule has 7 nitrogen and oxygen atoms in total. The average Bonchev–Trinajstić information content (AvgIpc) is 2.62. The lowest BCUT2D eigenvalue weighted by atomic mass is 10.1. The topological polar surface area (TPSA) is 102 Å². The van der Waals surface area contributed by atoms with Gasteiger partial charge in [0.1, 0.15) is 11.3 Å². The van der Waals surface area contributed by atoms with E-state index in [1.54, 1.807) is 38.1 Å². The van der Waals surface area contributed by atoms with E-state index in [1.807, 2.05) is 0 Å². The fraction of sp³-hybridized carbons (Fsp3) is 0.211. The molecule has 2 N–H and O–H groups in total. The second kappa shape index (κ2) is 8.66. The highest BCUT2D eigenvalue weighted by Gasteiger charge is 2.17. The van der Waals surface area contributed by atoms with E-state index >= 15 is 0 Å². The molecule has 0 aliphatic heterocycles. The number of nitrogens with one attached hydrogen (secondary N) is 1. The Morgan fingerprint density at radius 2 is 1.69 bits per heavy atom. The maximum atomic E-state index is 12.0. The highest BCUT2D eigenvalue weighted by Crippen LogP contribution is 2.19. The SMILES string of the molecule is CCOC(=O)c1ccccc1NC(=O)COC(=O)c1cc(C)ccc1O. The number of hydrogen-bond donors (Lipinski definition) is 2. The first kappa shape index (κ1) is 19.0. The number of hydrogen-bond acceptors (Lipinski definition) is 6. The van der Waals surface area contributed by atoms with Crippen LogP contribution in [0.25, 0.3) is 0 Å². The number of carbonyl (C=O) groups is 3. The summed E-state index contributed by atoms with van der Waals surface area (Å²) in [6.45, 7) is 3.08. The van der Waals surface area contributed by atoms with Crippen LogP contribution in [0.1, 0.15) is 33.2 Å². The summed E-state index contributed by atoms with van der Waals surface area (Å²) in [4.78, 5) is 35.9. The van der Waals surface area contributed by atoms with E-state index in [-0.39, 0.29) is 29.2 Å². The number of benzene rings is 2. The fourth-order valence-electron chi connectivity index (χ4n) is 2.19. The lowest BCUT2D eigenvalue weighted by molar-refractivity contribution is -0.119. The van der Waals surface area contributed by atoms with Crippen LogP contribution >= 0.6 is 0 Å². The molecule has 0 aliphatic carbocycles. The van der Waals surface area contributed by atoms with Crippen LogP contribution in [0.2, 0.25) is 0 Å². The van der Waals surface area contributed by atoms with Crippen molar-refractivity contribution in [3.05, 3.63) is 59.2 Å². The first-order valence-corrected chi connectivity index (χ1v) is 7.95. The Bertz CT molecular complexity index is 831. The van der Waals surface area contributed by atoms with Gasteiger partial charge < -0.3 is 19.9 Å². The molecule has 0 aliphatic rings. The largest absolute Gasteiger partial charge is 0.507 e. The molecule has 2 aromatic carbocycles. The second-order valence-electron chi connectivity index (χ2n) is 5.41. The van der Waals surface area contributed by atoms with Crippen molar-refractivity contribution in [2.45, 2.75) is 13.8 Å². The quantitative estimate of drug-likeness (QED) is 0.771. The zero-order valence-electron chi connectivity index (χ0n) is 14.4. The Morgan fingerprint density at radius 3 is 2.42 bits per heavy atom. The summed E-state index contributed by atoms with van der Waals surface area (Å²) in [6, 6.07) is 10.8. The summed E-state index contributed by atoms with van der Waals surface area (Å²) in [7, 11) is 0. The molecule has 0 aromatic heterocycles. The number of anilines is 1. The van der Waals surface area contributed by atoms with Crippen molar-refractivity contribution in [1.82, 2.24) is 0 Å². The van der Waals surface area contributed by atoms with Crippen LogP contribution in [0.5, 0.6) is 5.75 Å². The number of esters is 2. The van der Waals surface area contributed by atoms with Gasteiger partial charge in [0.15, 0.2) is 6.61 Å². The minimum Gasteiger partial charge on any atom is -0.507 e. The van der Waals surface area contributed by atoms with Crippen LogP contribution in [0, 0.1) is 6.92 Å². The van der Waals surface area contributed by atoms with Gasteiger partial charge in [0, 0.05) is 0 Å². The molecule has 2 rings (SSSR count). The number of para-hydroxylation sites is 1. The molecule has 26 heavy (non-hydrogen) atoms. The third-order valence-corrected chi connectivity index (χ3v) is 3.40. The normalized spacial score (nSPS) is 10.1. The molecule has 0 saturated heterocycles. The Morgan fingerprint density at radius 1 is 1.00 bits per heavy atom. The van der Waals surface area contributed by atoms with Gasteiger partial charge in [-0.15, -0.1) is 0 Å². The number of carbonyl (C=O) groups excluding carboxylic acids is 3. The average molecular weight is 357 g/mol. The standard InChI is InChI=1S/C19H19NO6/c1-3-25-18(23)13-6-4-5-7-15(13)20-17(22)11-26-19(24)14-10-12(2)8-9-16(14)21/h4-10,21H,3,11H2,1-2H3,(H,20,22). The van der Waals surface area contributed by atoms with Crippen molar-refractivity contribution in [3.63, 3.8) is 0 Å². The highest BCUT2D eigenvalue weighted by atomic mass is 16.5. The molecule has 0 atom stereocenters. The van der Waals surface area contributed by atoms with Crippen LogP contribution in [0.3, 0.4) is 0 Å². The number of phenolic OH excluding ortho intramolecular Hbond substituents is 1. The van der Waals surface area contributed by atoms with Crippen molar-refractivity contribution >= 4 is 23.5 Å². The highest BCUT2D eigenvalue weighted by molar-refractivity contribution is 6.02. The van der Waals surface area contributed by atoms with E-state index in [4.69, 9.17) is 9.47 Å². The third-order valence-electron chi connectivity index (χ3n) is 3.40. The van der Waals surface area contributed by atoms with E-state index in [0.717, 1.165) is 5.56 Å². The van der Waals surface area contributed by atoms with Crippen LogP contribution in [0.15, 0.2) is 42.5 Å². The number of amides is 1. The maximum absolute atomic E-state index is 12.0. The zero-order valence-corrected chi connectivity index (χ0v) is 14.4. The summed E-state index contributed by atoms with van der Waals surface area (Å²) in [6.07, 6.45) is 0. The molecule has 0 radical (unpaired) electrons. The van der Waals surface area contributed by atoms with Crippen LogP contribution < -0.4 is 5.32 Å². The molecule has 136 valence electrons. The van der Waals surface area contributed by atoms with Crippen molar-refractivity contribution in [3.8, 4) is 5.75 Å². The van der Waals surface area contributed by atoms with Gasteiger partial charge in [0.05, 0.1) is 17.9 Å². The molecular weight excluding hydrogens is 338 g/mol. The molecule has 0 spiro atoms. The molecule has 2 aromatic rings. The summed E-state index contributed by atoms with van der Waals surface area (Å²) in [5, 5.41) is 12.2. The molecule has 0 bridgehead atoms. The van der Waals surface area contributed by atoms with E-state index in [0.29, 0.717) is 0 Å². The molecule has 0 heterocycles. The van der Waals surface area contributed by atoms with E-state index < -0.39 is 24.5 Å². The van der Waals surface area contributed by atoms with Crippen LogP contribution in [0.4, 0.5) is 5.69 Å². The van der Waals surface area contributed by atoms with E-state index in [1.165, 1.54) is 18.2 Å². The summed E-state index contributed by atoms with van der Waals surface area (Å²) in [5.74, 6) is -2.24. The van der Waals surface area contributed by atoms with Crippen LogP contribution in [-0.2, 0) is 14.3 Å². The van der Waals surface area contributed by atoms with Gasteiger partial charge >= 0.3 is 11.9 Å². The molecule has 1 amide bonds. The van der Waals surface area contributed by atoms with Crippen molar-refractivity contribution in [1.29, 1.82) is 0 Å². The van der Waals surface area contributed by atoms with Gasteiger partial charge in [-0.05, 0) is 38.1 Å². The van der Waals surface area contributed by atoms with Crippen LogP contribution in [-0.4, -0.2) is 36.2 Å². The Kier molecular flexibility index (Phi) is 6.32. The molecule has 0 unspecified atom stereocenters. The van der Waals surface area contributed by atoms with Gasteiger partial charge in [0.25, 0.3) is 5.91 Å². The molecular formula is C19H19NO6. The lowest BCUT2D eigenvalue weighted by Crippen LogP contribution is -2.22. The summed E-state index contributed by atoms with van der Waals surface area (Å²) in [5.41, 5.74) is 1.20. The van der Waals surface area contributed by atoms with Gasteiger partial charge in [-0.2, -0.15) is 0 Å². The summed E-state index contributed by atoms with van der Waals surface area (Å²) < 4.78 is 9.85. The summed E-state index contributed by atoms with van der Waals surface area (Å²) >= 11 is 0. The smallest absolute Gasteiger partial charge is 0.342 e. The predicted octanol–water partition coefficient (Wildman–Crippen LogP) is 2.67. The first-order chi connectivity index (χ1) is 12.4. The number of rotatable bonds is 6. The van der Waals surface area contributed by atoms with Crippen molar-refractivity contribution in [2.24, 2.45) is 0 Å². The first-order valence-electron chi connectivity index (χ1n) is 7.95. The lowest BCUT2D eigenvalue weighted by Gasteiger charge is -2.11. The Labute approximate surface area is 150 Å². The number of ether oxygens (including phenoxy) is 2. The molecule has 0 saturated carbocycles. The maximum Gasteiger partial charge on any atom is 0.342 e. The minimum atomic E-state index is -0.819. The van der Waals surface area contributed by atoms with E-state index in [2.05, 4.69) is 5.32 Å². The van der Waals surface area contributed by atoms with Crippen molar-refractivity contribution in [2.75, 3.05) is 18.5 Å². The fourth-order valence-corrected chi connectivity index (χ4v) is 2.19. The Hall–Kier alpha value is -3.35. The minimum absolute atomic E-state index is 0.0234. The molecule has 7 heteroatoms. The predicted molar refractivity (Wildman–Crippen MR) is 94.2 cm³/mol. The van der Waals surface area contributed by atoms with Crippen molar-refractivity contribution < 1.29 is 29.0 Å².